The number of nitrogens with one attached hydrogen (secondary N) is 1. The third-order valence-electron chi connectivity index (χ3n) is 7.44. The van der Waals surface area contributed by atoms with E-state index in [2.05, 4.69) is 5.48 Å². The predicted molar refractivity (Wildman–Crippen MR) is 138 cm³/mol. The van der Waals surface area contributed by atoms with Crippen LogP contribution in [0.25, 0.3) is 0 Å². The fourth-order valence-corrected chi connectivity index (χ4v) is 7.58. The summed E-state index contributed by atoms with van der Waals surface area (Å²) in [5.74, 6) is -1.20. The van der Waals surface area contributed by atoms with Gasteiger partial charge in [-0.15, -0.1) is 0 Å². The molecule has 0 spiro atoms. The highest BCUT2D eigenvalue weighted by atomic mass is 32.2. The molecule has 1 N–H and O–H groups in total. The molecule has 0 bridgehead atoms. The molecule has 0 aromatic heterocycles. The fraction of sp³-hybridized carbons (Fsp3) is 0.538. The van der Waals surface area contributed by atoms with Crippen LogP contribution in [0.3, 0.4) is 0 Å². The zero-order valence-corrected chi connectivity index (χ0v) is 22.3. The lowest BCUT2D eigenvalue weighted by atomic mass is 9.99. The van der Waals surface area contributed by atoms with Crippen molar-refractivity contribution in [3.63, 3.8) is 0 Å². The van der Waals surface area contributed by atoms with Crippen molar-refractivity contribution in [1.29, 1.82) is 0 Å². The van der Waals surface area contributed by atoms with Crippen LogP contribution in [0.2, 0.25) is 0 Å². The zero-order valence-electron chi connectivity index (χ0n) is 21.5. The molecule has 1 aliphatic carbocycles. The summed E-state index contributed by atoms with van der Waals surface area (Å²) < 4.78 is 43.8. The molecule has 3 aliphatic rings. The van der Waals surface area contributed by atoms with Crippen LogP contribution < -0.4 is 10.4 Å². The quantitative estimate of drug-likeness (QED) is 0.563. The largest absolute Gasteiger partial charge is 0.367 e. The van der Waals surface area contributed by atoms with Crippen molar-refractivity contribution >= 4 is 27.5 Å². The maximum Gasteiger partial charge on any atom is 0.268 e. The molecule has 1 aromatic carbocycles. The lowest BCUT2D eigenvalue weighted by Crippen LogP contribution is -2.60. The van der Waals surface area contributed by atoms with Crippen molar-refractivity contribution in [3.05, 3.63) is 53.4 Å². The van der Waals surface area contributed by atoms with Gasteiger partial charge >= 0.3 is 0 Å². The molecular weight excluding hydrogens is 499 g/mol. The van der Waals surface area contributed by atoms with E-state index in [0.717, 1.165) is 18.4 Å². The van der Waals surface area contributed by atoms with Gasteiger partial charge in [-0.2, -0.15) is 4.31 Å². The van der Waals surface area contributed by atoms with Crippen molar-refractivity contribution in [2.45, 2.75) is 63.4 Å². The Labute approximate surface area is 217 Å². The number of hydrogen-bond donors (Lipinski definition) is 1. The third kappa shape index (κ3) is 5.73. The lowest BCUT2D eigenvalue weighted by Gasteiger charge is -2.41. The Balaban J connectivity index is 1.52. The van der Waals surface area contributed by atoms with Crippen LogP contribution in [0.1, 0.15) is 45.1 Å². The number of carbonyl (C=O) groups is 2. The van der Waals surface area contributed by atoms with Gasteiger partial charge in [0.2, 0.25) is 15.9 Å². The number of halogens is 1. The van der Waals surface area contributed by atoms with Crippen LogP contribution >= 0.6 is 0 Å². The molecular formula is C26H35FN4O5S. The second-order valence-electron chi connectivity index (χ2n) is 9.81. The number of benzene rings is 1. The molecule has 1 aromatic rings. The molecule has 202 valence electrons. The number of hydroxylamine groups is 1. The van der Waals surface area contributed by atoms with E-state index >= 15 is 4.39 Å². The Hall–Kier alpha value is -2.76. The van der Waals surface area contributed by atoms with Crippen molar-refractivity contribution in [3.8, 4) is 0 Å². The highest BCUT2D eigenvalue weighted by molar-refractivity contribution is 7.90. The molecule has 1 unspecified atom stereocenters. The number of amides is 2. The monoisotopic (exact) mass is 534 g/mol. The van der Waals surface area contributed by atoms with Crippen LogP contribution in [-0.2, 0) is 31.0 Å². The summed E-state index contributed by atoms with van der Waals surface area (Å²) in [6.45, 7) is 4.13. The van der Waals surface area contributed by atoms with E-state index in [1.165, 1.54) is 29.3 Å². The highest BCUT2D eigenvalue weighted by Gasteiger charge is 2.41. The van der Waals surface area contributed by atoms with Gasteiger partial charge in [0.05, 0.1) is 7.11 Å². The van der Waals surface area contributed by atoms with E-state index in [0.29, 0.717) is 37.2 Å². The smallest absolute Gasteiger partial charge is 0.268 e. The topological polar surface area (TPSA) is 99.3 Å². The molecule has 37 heavy (non-hydrogen) atoms. The van der Waals surface area contributed by atoms with Crippen LogP contribution in [0.4, 0.5) is 10.1 Å². The first-order valence-electron chi connectivity index (χ1n) is 12.6. The van der Waals surface area contributed by atoms with Gasteiger partial charge in [0.15, 0.2) is 0 Å². The molecule has 2 fully saturated rings. The summed E-state index contributed by atoms with van der Waals surface area (Å²) in [4.78, 5) is 32.5. The number of hydrogen-bond acceptors (Lipinski definition) is 6. The van der Waals surface area contributed by atoms with E-state index in [-0.39, 0.29) is 25.0 Å². The van der Waals surface area contributed by atoms with Crippen LogP contribution in [0.5, 0.6) is 0 Å². The first kappa shape index (κ1) is 27.3. The maximum atomic E-state index is 15.3. The number of sulfonamides is 1. The Kier molecular flexibility index (Phi) is 8.35. The number of piperazine rings is 1. The first-order valence-corrected chi connectivity index (χ1v) is 14.1. The Morgan fingerprint density at radius 3 is 2.62 bits per heavy atom. The summed E-state index contributed by atoms with van der Waals surface area (Å²) in [5, 5.41) is -0.602. The summed E-state index contributed by atoms with van der Waals surface area (Å²) in [6.07, 6.45) is 8.92. The predicted octanol–water partition coefficient (Wildman–Crippen LogP) is 2.50. The van der Waals surface area contributed by atoms with E-state index < -0.39 is 33.0 Å². The van der Waals surface area contributed by atoms with Gasteiger partial charge in [0.1, 0.15) is 17.1 Å². The number of rotatable bonds is 6. The van der Waals surface area contributed by atoms with Gasteiger partial charge in [0.25, 0.3) is 5.91 Å². The molecule has 3 atom stereocenters. The molecule has 2 aliphatic heterocycles. The number of allylic oxidation sites excluding steroid dienone is 3. The summed E-state index contributed by atoms with van der Waals surface area (Å²) in [6, 6.07) is 3.70. The molecule has 0 radical (unpaired) electrons. The molecule has 2 heterocycles. The van der Waals surface area contributed by atoms with E-state index in [1.54, 1.807) is 12.1 Å². The minimum absolute atomic E-state index is 0.0416. The van der Waals surface area contributed by atoms with Crippen molar-refractivity contribution in [2.24, 2.45) is 0 Å². The summed E-state index contributed by atoms with van der Waals surface area (Å²) in [7, 11) is -2.33. The lowest BCUT2D eigenvalue weighted by molar-refractivity contribution is -0.145. The zero-order chi connectivity index (χ0) is 26.7. The van der Waals surface area contributed by atoms with Crippen molar-refractivity contribution < 1.29 is 27.2 Å². The van der Waals surface area contributed by atoms with Gasteiger partial charge in [0, 0.05) is 50.4 Å². The van der Waals surface area contributed by atoms with Crippen molar-refractivity contribution in [1.82, 2.24) is 14.7 Å². The molecule has 11 heteroatoms. The average molecular weight is 535 g/mol. The third-order valence-corrected chi connectivity index (χ3v) is 9.81. The van der Waals surface area contributed by atoms with Gasteiger partial charge in [-0.1, -0.05) is 24.3 Å². The second kappa shape index (κ2) is 11.3. The highest BCUT2D eigenvalue weighted by Crippen LogP contribution is 2.34. The molecule has 2 saturated heterocycles. The van der Waals surface area contributed by atoms with Crippen LogP contribution in [0.15, 0.2) is 42.0 Å². The van der Waals surface area contributed by atoms with E-state index in [9.17, 15) is 18.0 Å². The van der Waals surface area contributed by atoms with Gasteiger partial charge < -0.3 is 9.80 Å². The van der Waals surface area contributed by atoms with Crippen molar-refractivity contribution in [2.75, 3.05) is 31.6 Å². The Morgan fingerprint density at radius 1 is 1.19 bits per heavy atom. The Bertz CT molecular complexity index is 1200. The van der Waals surface area contributed by atoms with Crippen LogP contribution in [-0.4, -0.2) is 73.5 Å². The SMILES string of the molecule is CONC(=O)[C@@H]1CN(c2ccc(CN3[C@@H](C)CCC(C4=CCCC=C4)S3(=O)=O)c(F)c2)CCN1C(C)=O. The van der Waals surface area contributed by atoms with Gasteiger partial charge in [-0.3, -0.25) is 14.4 Å². The van der Waals surface area contributed by atoms with Gasteiger partial charge in [-0.05, 0) is 50.3 Å². The van der Waals surface area contributed by atoms with Gasteiger partial charge in [-0.25, -0.2) is 18.3 Å². The number of nitrogens with zero attached hydrogens (tertiary/aromatic N) is 3. The second-order valence-corrected chi connectivity index (χ2v) is 11.9. The molecule has 4 rings (SSSR count). The fourth-order valence-electron chi connectivity index (χ4n) is 5.37. The summed E-state index contributed by atoms with van der Waals surface area (Å²) >= 11 is 0. The normalized spacial score (nSPS) is 26.1. The van der Waals surface area contributed by atoms with E-state index in [1.807, 2.05) is 30.1 Å². The van der Waals surface area contributed by atoms with E-state index in [4.69, 9.17) is 4.84 Å². The summed E-state index contributed by atoms with van der Waals surface area (Å²) in [5.41, 5.74) is 3.96. The molecule has 0 saturated carbocycles. The average Bonchev–Trinajstić information content (AvgIpc) is 2.87. The number of carbonyl (C=O) groups excluding carboxylic acids is 2. The molecule has 2 amide bonds. The molecule has 9 nitrogen and oxygen atoms in total. The minimum atomic E-state index is -3.65. The van der Waals surface area contributed by atoms with Crippen LogP contribution in [0, 0.1) is 5.82 Å². The minimum Gasteiger partial charge on any atom is -0.367 e. The maximum absolute atomic E-state index is 15.3. The number of anilines is 1. The first-order chi connectivity index (χ1) is 17.6. The Morgan fingerprint density at radius 2 is 1.97 bits per heavy atom. The standard InChI is InChI=1S/C26H35FN4O5S/c1-18-9-12-25(20-7-5-4-6-8-20)37(34,35)31(18)16-21-10-11-22(15-23(21)27)29-13-14-30(19(2)32)24(17-29)26(33)28-36-3/h5,7-8,10-11,15,18,24-25H,4,6,9,12-14,16-17H2,1-3H3,(H,28,33)/t18-,24-,25?/m0/s1.